The molecule has 3 heteroatoms. The predicted octanol–water partition coefficient (Wildman–Crippen LogP) is -0.268. The summed E-state index contributed by atoms with van der Waals surface area (Å²) in [6.07, 6.45) is 2.18. The van der Waals surface area contributed by atoms with Crippen LogP contribution in [0.15, 0.2) is 0 Å². The highest BCUT2D eigenvalue weighted by molar-refractivity contribution is 5.80. The summed E-state index contributed by atoms with van der Waals surface area (Å²) in [4.78, 5) is 10.9. The first-order valence-corrected chi connectivity index (χ1v) is 3.77. The van der Waals surface area contributed by atoms with Crippen LogP contribution in [0.3, 0.4) is 0 Å². The zero-order chi connectivity index (χ0) is 7.40. The minimum absolute atomic E-state index is 0.232. The van der Waals surface area contributed by atoms with Gasteiger partial charge in [-0.2, -0.15) is 0 Å². The number of rotatable bonds is 4. The lowest BCUT2D eigenvalue weighted by Gasteiger charge is -2.01. The van der Waals surface area contributed by atoms with Gasteiger partial charge in [-0.05, 0) is 19.9 Å². The smallest absolute Gasteiger partial charge is 0.223 e. The Morgan fingerprint density at radius 2 is 2.20 bits per heavy atom. The second-order valence-corrected chi connectivity index (χ2v) is 2.67. The lowest BCUT2D eigenvalue weighted by molar-refractivity contribution is -0.122. The number of likely N-dealkylation sites (N-methyl/N-ethyl adjacent to an activating group) is 1. The summed E-state index contributed by atoms with van der Waals surface area (Å²) < 4.78 is 0. The van der Waals surface area contributed by atoms with Gasteiger partial charge in [-0.3, -0.25) is 4.79 Å². The monoisotopic (exact) mass is 142 g/mol. The van der Waals surface area contributed by atoms with Crippen LogP contribution in [0.2, 0.25) is 0 Å². The maximum absolute atomic E-state index is 10.9. The summed E-state index contributed by atoms with van der Waals surface area (Å²) in [7, 11) is 1.88. The van der Waals surface area contributed by atoms with Crippen LogP contribution in [0.4, 0.5) is 0 Å². The highest BCUT2D eigenvalue weighted by Gasteiger charge is 2.28. The molecule has 0 saturated heterocycles. The van der Waals surface area contributed by atoms with Crippen LogP contribution in [0.5, 0.6) is 0 Å². The van der Waals surface area contributed by atoms with Crippen LogP contribution >= 0.6 is 0 Å². The van der Waals surface area contributed by atoms with Crippen LogP contribution in [0.25, 0.3) is 0 Å². The third-order valence-electron chi connectivity index (χ3n) is 1.62. The Bertz CT molecular complexity index is 121. The summed E-state index contributed by atoms with van der Waals surface area (Å²) in [6, 6.07) is 0. The van der Waals surface area contributed by atoms with Crippen LogP contribution in [-0.4, -0.2) is 26.0 Å². The van der Waals surface area contributed by atoms with E-state index in [0.29, 0.717) is 5.92 Å². The molecular weight excluding hydrogens is 128 g/mol. The first kappa shape index (κ1) is 7.54. The fraction of sp³-hybridized carbons (Fsp3) is 0.857. The van der Waals surface area contributed by atoms with E-state index in [1.807, 2.05) is 7.05 Å². The Balaban J connectivity index is 1.95. The molecule has 0 aromatic carbocycles. The van der Waals surface area contributed by atoms with Crippen molar-refractivity contribution in [3.05, 3.63) is 0 Å². The second-order valence-electron chi connectivity index (χ2n) is 2.67. The molecule has 0 aromatic heterocycles. The Labute approximate surface area is 61.2 Å². The fourth-order valence-corrected chi connectivity index (χ4v) is 0.801. The SMILES string of the molecule is CNCCNC(=O)C1CC1. The number of carbonyl (C=O) groups is 1. The Hall–Kier alpha value is -0.570. The van der Waals surface area contributed by atoms with E-state index < -0.39 is 0 Å². The molecule has 0 unspecified atom stereocenters. The van der Waals surface area contributed by atoms with E-state index in [1.165, 1.54) is 0 Å². The largest absolute Gasteiger partial charge is 0.355 e. The van der Waals surface area contributed by atoms with E-state index in [-0.39, 0.29) is 5.91 Å². The Morgan fingerprint density at radius 3 is 2.70 bits per heavy atom. The molecule has 1 amide bonds. The maximum atomic E-state index is 10.9. The van der Waals surface area contributed by atoms with Gasteiger partial charge in [-0.25, -0.2) is 0 Å². The van der Waals surface area contributed by atoms with Gasteiger partial charge in [0.1, 0.15) is 0 Å². The molecule has 0 aliphatic heterocycles. The molecule has 1 aliphatic carbocycles. The minimum Gasteiger partial charge on any atom is -0.355 e. The number of nitrogens with one attached hydrogen (secondary N) is 2. The van der Waals surface area contributed by atoms with Gasteiger partial charge in [-0.15, -0.1) is 0 Å². The average molecular weight is 142 g/mol. The molecule has 0 radical (unpaired) electrons. The molecule has 0 aromatic rings. The van der Waals surface area contributed by atoms with Crippen molar-refractivity contribution in [1.82, 2.24) is 10.6 Å². The molecule has 1 aliphatic rings. The third kappa shape index (κ3) is 2.35. The van der Waals surface area contributed by atoms with E-state index in [2.05, 4.69) is 10.6 Å². The second kappa shape index (κ2) is 3.56. The van der Waals surface area contributed by atoms with Gasteiger partial charge < -0.3 is 10.6 Å². The molecule has 2 N–H and O–H groups in total. The predicted molar refractivity (Wildman–Crippen MR) is 39.7 cm³/mol. The topological polar surface area (TPSA) is 41.1 Å². The first-order valence-electron chi connectivity index (χ1n) is 3.77. The normalized spacial score (nSPS) is 16.9. The summed E-state index contributed by atoms with van der Waals surface area (Å²) in [5, 5.41) is 5.81. The zero-order valence-electron chi connectivity index (χ0n) is 6.31. The standard InChI is InChI=1S/C7H14N2O/c1-8-4-5-9-7(10)6-2-3-6/h6,8H,2-5H2,1H3,(H,9,10). The van der Waals surface area contributed by atoms with Crippen molar-refractivity contribution in [2.45, 2.75) is 12.8 Å². The lowest BCUT2D eigenvalue weighted by Crippen LogP contribution is -2.31. The van der Waals surface area contributed by atoms with Gasteiger partial charge in [0.15, 0.2) is 0 Å². The molecule has 1 rings (SSSR count). The van der Waals surface area contributed by atoms with Crippen LogP contribution in [0, 0.1) is 5.92 Å². The van der Waals surface area contributed by atoms with Crippen molar-refractivity contribution in [3.8, 4) is 0 Å². The molecule has 3 nitrogen and oxygen atoms in total. The minimum atomic E-state index is 0.232. The van der Waals surface area contributed by atoms with E-state index in [9.17, 15) is 4.79 Å². The zero-order valence-corrected chi connectivity index (χ0v) is 6.31. The van der Waals surface area contributed by atoms with E-state index in [1.54, 1.807) is 0 Å². The number of carbonyl (C=O) groups excluding carboxylic acids is 1. The van der Waals surface area contributed by atoms with E-state index in [0.717, 1.165) is 25.9 Å². The average Bonchev–Trinajstić information content (AvgIpc) is 2.69. The van der Waals surface area contributed by atoms with Crippen LogP contribution in [-0.2, 0) is 4.79 Å². The lowest BCUT2D eigenvalue weighted by atomic mass is 10.4. The van der Waals surface area contributed by atoms with E-state index >= 15 is 0 Å². The van der Waals surface area contributed by atoms with Crippen LogP contribution in [0.1, 0.15) is 12.8 Å². The molecule has 1 fully saturated rings. The van der Waals surface area contributed by atoms with Crippen LogP contribution < -0.4 is 10.6 Å². The maximum Gasteiger partial charge on any atom is 0.223 e. The van der Waals surface area contributed by atoms with Crippen molar-refractivity contribution in [3.63, 3.8) is 0 Å². The summed E-state index contributed by atoms with van der Waals surface area (Å²) in [6.45, 7) is 1.62. The van der Waals surface area contributed by atoms with Gasteiger partial charge in [0.05, 0.1) is 0 Å². The van der Waals surface area contributed by atoms with Crippen molar-refractivity contribution in [1.29, 1.82) is 0 Å². The molecule has 58 valence electrons. The van der Waals surface area contributed by atoms with Crippen molar-refractivity contribution in [2.75, 3.05) is 20.1 Å². The van der Waals surface area contributed by atoms with Gasteiger partial charge >= 0.3 is 0 Å². The molecule has 0 heterocycles. The number of hydrogen-bond donors (Lipinski definition) is 2. The van der Waals surface area contributed by atoms with Gasteiger partial charge in [0.2, 0.25) is 5.91 Å². The van der Waals surface area contributed by atoms with Crippen molar-refractivity contribution in [2.24, 2.45) is 5.92 Å². The summed E-state index contributed by atoms with van der Waals surface area (Å²) in [5.41, 5.74) is 0. The molecule has 0 bridgehead atoms. The summed E-state index contributed by atoms with van der Waals surface area (Å²) in [5.74, 6) is 0.576. The molecule has 10 heavy (non-hydrogen) atoms. The Kier molecular flexibility index (Phi) is 2.68. The first-order chi connectivity index (χ1) is 4.84. The van der Waals surface area contributed by atoms with Crippen molar-refractivity contribution >= 4 is 5.91 Å². The van der Waals surface area contributed by atoms with E-state index in [4.69, 9.17) is 0 Å². The van der Waals surface area contributed by atoms with Gasteiger partial charge in [-0.1, -0.05) is 0 Å². The Morgan fingerprint density at radius 1 is 1.50 bits per heavy atom. The third-order valence-corrected chi connectivity index (χ3v) is 1.62. The quantitative estimate of drug-likeness (QED) is 0.531. The van der Waals surface area contributed by atoms with Gasteiger partial charge in [0, 0.05) is 19.0 Å². The molecular formula is C7H14N2O. The fourth-order valence-electron chi connectivity index (χ4n) is 0.801. The molecule has 0 atom stereocenters. The van der Waals surface area contributed by atoms with Gasteiger partial charge in [0.25, 0.3) is 0 Å². The number of amides is 1. The number of hydrogen-bond acceptors (Lipinski definition) is 2. The van der Waals surface area contributed by atoms with Crippen molar-refractivity contribution < 1.29 is 4.79 Å². The highest BCUT2D eigenvalue weighted by Crippen LogP contribution is 2.28. The molecule has 1 saturated carbocycles. The molecule has 0 spiro atoms. The highest BCUT2D eigenvalue weighted by atomic mass is 16.2. The summed E-state index contributed by atoms with van der Waals surface area (Å²) >= 11 is 0.